The number of methoxy groups -OCH3 is 2. The molecule has 2 aliphatic rings. The summed E-state index contributed by atoms with van der Waals surface area (Å²) in [7, 11) is 3.14. The molecule has 2 aromatic carbocycles. The quantitative estimate of drug-likeness (QED) is 0.815. The van der Waals surface area contributed by atoms with Crippen LogP contribution in [0.5, 0.6) is 17.2 Å². The molecule has 2 aromatic rings. The first kappa shape index (κ1) is 13.2. The van der Waals surface area contributed by atoms with Gasteiger partial charge in [0.05, 0.1) is 19.8 Å². The van der Waals surface area contributed by atoms with E-state index >= 15 is 0 Å². The van der Waals surface area contributed by atoms with Gasteiger partial charge in [-0.3, -0.25) is 4.79 Å². The first-order chi connectivity index (χ1) is 10.7. The highest BCUT2D eigenvalue weighted by atomic mass is 16.8. The molecule has 1 fully saturated rings. The third-order valence-corrected chi connectivity index (χ3v) is 4.08. The summed E-state index contributed by atoms with van der Waals surface area (Å²) in [5.41, 5.74) is 0.0724. The van der Waals surface area contributed by atoms with Gasteiger partial charge in [-0.2, -0.15) is 0 Å². The average molecular weight is 298 g/mol. The van der Waals surface area contributed by atoms with Gasteiger partial charge in [-0.25, -0.2) is 0 Å². The fraction of sp³-hybridized carbons (Fsp3) is 0.235. The van der Waals surface area contributed by atoms with Gasteiger partial charge in [0, 0.05) is 11.6 Å². The van der Waals surface area contributed by atoms with E-state index in [1.165, 1.54) is 0 Å². The molecular formula is C17H14O5. The smallest absolute Gasteiger partial charge is 0.243 e. The number of epoxide rings is 1. The first-order valence-electron chi connectivity index (χ1n) is 6.91. The standard InChI is InChI=1S/C17H14O5/c1-19-10-7-8-11-14(9-10)21-16-17(22-16,15(11)18)12-5-3-4-6-13(12)20-2/h3-9,16H,1-2H3. The van der Waals surface area contributed by atoms with Crippen molar-refractivity contribution in [3.63, 3.8) is 0 Å². The van der Waals surface area contributed by atoms with Crippen molar-refractivity contribution in [2.45, 2.75) is 11.9 Å². The molecule has 22 heavy (non-hydrogen) atoms. The van der Waals surface area contributed by atoms with Crippen LogP contribution in [0.15, 0.2) is 42.5 Å². The molecule has 0 aliphatic carbocycles. The summed E-state index contributed by atoms with van der Waals surface area (Å²) in [6.45, 7) is 0. The van der Waals surface area contributed by atoms with Gasteiger partial charge in [-0.05, 0) is 18.2 Å². The van der Waals surface area contributed by atoms with Crippen molar-refractivity contribution in [2.24, 2.45) is 0 Å². The van der Waals surface area contributed by atoms with E-state index in [1.807, 2.05) is 18.2 Å². The van der Waals surface area contributed by atoms with Crippen LogP contribution in [0.4, 0.5) is 0 Å². The number of ketones is 1. The Bertz CT molecular complexity index is 769. The molecule has 0 radical (unpaired) electrons. The Morgan fingerprint density at radius 3 is 2.68 bits per heavy atom. The Labute approximate surface area is 127 Å². The number of carbonyl (C=O) groups is 1. The maximum absolute atomic E-state index is 12.9. The van der Waals surface area contributed by atoms with Crippen LogP contribution in [0.3, 0.4) is 0 Å². The number of para-hydroxylation sites is 1. The molecule has 2 atom stereocenters. The Kier molecular flexibility index (Phi) is 2.68. The second-order valence-corrected chi connectivity index (χ2v) is 5.19. The molecule has 0 aromatic heterocycles. The summed E-state index contributed by atoms with van der Waals surface area (Å²) in [6.07, 6.45) is -0.629. The molecule has 0 bridgehead atoms. The minimum Gasteiger partial charge on any atom is -0.497 e. The predicted molar refractivity (Wildman–Crippen MR) is 77.5 cm³/mol. The number of hydrogen-bond donors (Lipinski definition) is 0. The van der Waals surface area contributed by atoms with Crippen molar-refractivity contribution in [3.05, 3.63) is 53.6 Å². The van der Waals surface area contributed by atoms with Gasteiger partial charge in [0.25, 0.3) is 0 Å². The summed E-state index contributed by atoms with van der Waals surface area (Å²) in [5.74, 6) is 1.61. The van der Waals surface area contributed by atoms with Crippen LogP contribution in [0.2, 0.25) is 0 Å². The molecule has 5 heteroatoms. The van der Waals surface area contributed by atoms with Crippen molar-refractivity contribution < 1.29 is 23.7 Å². The molecule has 2 unspecified atom stereocenters. The minimum atomic E-state index is -1.10. The lowest BCUT2D eigenvalue weighted by molar-refractivity contribution is 0.0860. The zero-order valence-corrected chi connectivity index (χ0v) is 12.2. The van der Waals surface area contributed by atoms with Crippen molar-refractivity contribution in [3.8, 4) is 17.2 Å². The van der Waals surface area contributed by atoms with Crippen molar-refractivity contribution in [1.82, 2.24) is 0 Å². The maximum atomic E-state index is 12.9. The minimum absolute atomic E-state index is 0.120. The van der Waals surface area contributed by atoms with E-state index in [2.05, 4.69) is 0 Å². The Morgan fingerprint density at radius 2 is 1.91 bits per heavy atom. The van der Waals surface area contributed by atoms with Crippen LogP contribution < -0.4 is 14.2 Å². The van der Waals surface area contributed by atoms with E-state index in [1.54, 1.807) is 38.5 Å². The number of benzene rings is 2. The average Bonchev–Trinajstić information content (AvgIpc) is 3.30. The highest BCUT2D eigenvalue weighted by Crippen LogP contribution is 2.56. The Hall–Kier alpha value is -2.53. The summed E-state index contributed by atoms with van der Waals surface area (Å²) >= 11 is 0. The van der Waals surface area contributed by atoms with Crippen LogP contribution in [-0.2, 0) is 10.3 Å². The van der Waals surface area contributed by atoms with Crippen molar-refractivity contribution in [1.29, 1.82) is 0 Å². The second-order valence-electron chi connectivity index (χ2n) is 5.19. The summed E-state index contributed by atoms with van der Waals surface area (Å²) in [5, 5.41) is 0. The lowest BCUT2D eigenvalue weighted by Gasteiger charge is -2.21. The molecular weight excluding hydrogens is 284 g/mol. The predicted octanol–water partition coefficient (Wildman–Crippen LogP) is 2.53. The number of hydrogen-bond acceptors (Lipinski definition) is 5. The van der Waals surface area contributed by atoms with Crippen molar-refractivity contribution in [2.75, 3.05) is 14.2 Å². The van der Waals surface area contributed by atoms with Crippen LogP contribution >= 0.6 is 0 Å². The summed E-state index contributed by atoms with van der Waals surface area (Å²) in [6, 6.07) is 12.5. The SMILES string of the molecule is COc1ccc2c(c1)OC1OC1(c1ccccc1OC)C2=O. The van der Waals surface area contributed by atoms with E-state index in [-0.39, 0.29) is 5.78 Å². The molecule has 1 saturated heterocycles. The van der Waals surface area contributed by atoms with E-state index in [9.17, 15) is 4.79 Å². The molecule has 2 aliphatic heterocycles. The van der Waals surface area contributed by atoms with Gasteiger partial charge in [-0.1, -0.05) is 18.2 Å². The number of ether oxygens (including phenoxy) is 4. The zero-order valence-electron chi connectivity index (χ0n) is 12.2. The highest BCUT2D eigenvalue weighted by molar-refractivity contribution is 6.08. The van der Waals surface area contributed by atoms with Gasteiger partial charge in [0.15, 0.2) is 0 Å². The van der Waals surface area contributed by atoms with Gasteiger partial charge in [-0.15, -0.1) is 0 Å². The lowest BCUT2D eigenvalue weighted by atomic mass is 9.87. The van der Waals surface area contributed by atoms with Gasteiger partial charge in [0.2, 0.25) is 17.7 Å². The normalized spacial score (nSPS) is 24.8. The van der Waals surface area contributed by atoms with Crippen LogP contribution in [0.25, 0.3) is 0 Å². The Morgan fingerprint density at radius 1 is 1.09 bits per heavy atom. The van der Waals surface area contributed by atoms with E-state index < -0.39 is 11.9 Å². The van der Waals surface area contributed by atoms with Crippen LogP contribution in [0, 0.1) is 0 Å². The van der Waals surface area contributed by atoms with Crippen LogP contribution in [-0.4, -0.2) is 26.3 Å². The monoisotopic (exact) mass is 298 g/mol. The Balaban J connectivity index is 1.82. The van der Waals surface area contributed by atoms with Gasteiger partial charge in [0.1, 0.15) is 17.2 Å². The molecule has 0 amide bonds. The van der Waals surface area contributed by atoms with E-state index in [0.717, 1.165) is 0 Å². The fourth-order valence-electron chi connectivity index (χ4n) is 2.90. The topological polar surface area (TPSA) is 57.3 Å². The number of carbonyl (C=O) groups excluding carboxylic acids is 1. The largest absolute Gasteiger partial charge is 0.497 e. The molecule has 4 rings (SSSR count). The molecule has 112 valence electrons. The fourth-order valence-corrected chi connectivity index (χ4v) is 2.90. The molecule has 0 saturated carbocycles. The lowest BCUT2D eigenvalue weighted by Crippen LogP contribution is -2.32. The number of Topliss-reactive ketones (excluding diaryl/α,β-unsaturated/α-hetero) is 1. The third kappa shape index (κ3) is 1.60. The number of rotatable bonds is 3. The molecule has 2 heterocycles. The van der Waals surface area contributed by atoms with E-state index in [4.69, 9.17) is 18.9 Å². The van der Waals surface area contributed by atoms with Crippen LogP contribution in [0.1, 0.15) is 15.9 Å². The highest BCUT2D eigenvalue weighted by Gasteiger charge is 2.70. The maximum Gasteiger partial charge on any atom is 0.243 e. The summed E-state index contributed by atoms with van der Waals surface area (Å²) < 4.78 is 22.0. The summed E-state index contributed by atoms with van der Waals surface area (Å²) in [4.78, 5) is 12.9. The first-order valence-corrected chi connectivity index (χ1v) is 6.91. The molecule has 0 spiro atoms. The third-order valence-electron chi connectivity index (χ3n) is 4.08. The zero-order chi connectivity index (χ0) is 15.3. The number of fused-ring (bicyclic) bond motifs is 2. The van der Waals surface area contributed by atoms with Gasteiger partial charge < -0.3 is 18.9 Å². The second kappa shape index (κ2) is 4.48. The molecule has 5 nitrogen and oxygen atoms in total. The van der Waals surface area contributed by atoms with E-state index in [0.29, 0.717) is 28.4 Å². The molecule has 0 N–H and O–H groups in total. The van der Waals surface area contributed by atoms with Gasteiger partial charge >= 0.3 is 0 Å². The van der Waals surface area contributed by atoms with Crippen molar-refractivity contribution >= 4 is 5.78 Å².